The fourth-order valence-corrected chi connectivity index (χ4v) is 1.65. The van der Waals surface area contributed by atoms with E-state index in [-0.39, 0.29) is 11.9 Å². The molecule has 2 rings (SSSR count). The molecular formula is C12H13FN4. The Morgan fingerprint density at radius 1 is 1.24 bits per heavy atom. The number of hydrogen-bond acceptors (Lipinski definition) is 4. The van der Waals surface area contributed by atoms with Crippen LogP contribution in [-0.2, 0) is 0 Å². The highest BCUT2D eigenvalue weighted by atomic mass is 19.1. The van der Waals surface area contributed by atoms with E-state index in [1.165, 1.54) is 6.07 Å². The molecule has 4 nitrogen and oxygen atoms in total. The Bertz CT molecular complexity index is 501. The van der Waals surface area contributed by atoms with Crippen molar-refractivity contribution in [3.05, 3.63) is 59.2 Å². The van der Waals surface area contributed by atoms with Crippen molar-refractivity contribution in [2.75, 3.05) is 0 Å². The smallest absolute Gasteiger partial charge is 0.126 e. The van der Waals surface area contributed by atoms with Gasteiger partial charge in [-0.3, -0.25) is 5.84 Å². The summed E-state index contributed by atoms with van der Waals surface area (Å²) >= 11 is 0. The third-order valence-electron chi connectivity index (χ3n) is 2.64. The summed E-state index contributed by atoms with van der Waals surface area (Å²) in [6.07, 6.45) is 3.17. The Hall–Kier alpha value is -1.85. The van der Waals surface area contributed by atoms with Gasteiger partial charge in [0.2, 0.25) is 0 Å². The van der Waals surface area contributed by atoms with Crippen molar-refractivity contribution in [3.63, 3.8) is 0 Å². The number of nitrogens with two attached hydrogens (primary N) is 1. The van der Waals surface area contributed by atoms with Crippen molar-refractivity contribution in [2.24, 2.45) is 5.84 Å². The summed E-state index contributed by atoms with van der Waals surface area (Å²) in [7, 11) is 0. The maximum absolute atomic E-state index is 13.5. The first kappa shape index (κ1) is 11.6. The number of rotatable bonds is 3. The van der Waals surface area contributed by atoms with E-state index in [1.807, 2.05) is 6.07 Å². The SMILES string of the molecule is Cc1ccc(C(NN)c2ccnnc2)cc1F. The van der Waals surface area contributed by atoms with Crippen LogP contribution in [-0.4, -0.2) is 10.2 Å². The maximum Gasteiger partial charge on any atom is 0.126 e. The fraction of sp³-hybridized carbons (Fsp3) is 0.167. The molecule has 0 amide bonds. The second kappa shape index (κ2) is 4.99. The topological polar surface area (TPSA) is 63.8 Å². The molecule has 0 aliphatic carbocycles. The van der Waals surface area contributed by atoms with Gasteiger partial charge in [0.25, 0.3) is 0 Å². The Labute approximate surface area is 98.7 Å². The molecule has 3 N–H and O–H groups in total. The molecule has 17 heavy (non-hydrogen) atoms. The molecule has 0 radical (unpaired) electrons. The highest BCUT2D eigenvalue weighted by molar-refractivity contribution is 5.32. The molecule has 5 heteroatoms. The minimum Gasteiger partial charge on any atom is -0.271 e. The Morgan fingerprint density at radius 2 is 2.06 bits per heavy atom. The normalized spacial score (nSPS) is 12.4. The molecule has 1 heterocycles. The molecule has 0 saturated heterocycles. The molecule has 0 saturated carbocycles. The number of nitrogens with one attached hydrogen (secondary N) is 1. The first-order valence-corrected chi connectivity index (χ1v) is 5.21. The lowest BCUT2D eigenvalue weighted by Gasteiger charge is -2.16. The van der Waals surface area contributed by atoms with Gasteiger partial charge >= 0.3 is 0 Å². The van der Waals surface area contributed by atoms with Crippen LogP contribution in [0.15, 0.2) is 36.7 Å². The summed E-state index contributed by atoms with van der Waals surface area (Å²) in [6, 6.07) is 6.53. The van der Waals surface area contributed by atoms with Gasteiger partial charge in [-0.25, -0.2) is 9.82 Å². The average molecular weight is 232 g/mol. The van der Waals surface area contributed by atoms with Crippen LogP contribution in [0.5, 0.6) is 0 Å². The van der Waals surface area contributed by atoms with Crippen molar-refractivity contribution >= 4 is 0 Å². The summed E-state index contributed by atoms with van der Waals surface area (Å²) in [5, 5.41) is 7.47. The van der Waals surface area contributed by atoms with E-state index in [1.54, 1.807) is 31.5 Å². The lowest BCUT2D eigenvalue weighted by molar-refractivity contribution is 0.597. The van der Waals surface area contributed by atoms with E-state index >= 15 is 0 Å². The first-order valence-electron chi connectivity index (χ1n) is 5.21. The molecule has 88 valence electrons. The fourth-order valence-electron chi connectivity index (χ4n) is 1.65. The van der Waals surface area contributed by atoms with Crippen LogP contribution in [0.2, 0.25) is 0 Å². The molecular weight excluding hydrogens is 219 g/mol. The number of nitrogens with zero attached hydrogens (tertiary/aromatic N) is 2. The van der Waals surface area contributed by atoms with Crippen LogP contribution in [0.4, 0.5) is 4.39 Å². The van der Waals surface area contributed by atoms with Gasteiger partial charge in [-0.05, 0) is 35.7 Å². The molecule has 2 aromatic rings. The van der Waals surface area contributed by atoms with Crippen molar-refractivity contribution < 1.29 is 4.39 Å². The van der Waals surface area contributed by atoms with Crippen molar-refractivity contribution in [1.82, 2.24) is 15.6 Å². The Morgan fingerprint density at radius 3 is 2.65 bits per heavy atom. The highest BCUT2D eigenvalue weighted by Crippen LogP contribution is 2.21. The van der Waals surface area contributed by atoms with Gasteiger partial charge in [0.05, 0.1) is 12.2 Å². The molecule has 0 fully saturated rings. The molecule has 0 bridgehead atoms. The molecule has 0 aliphatic rings. The zero-order valence-electron chi connectivity index (χ0n) is 9.39. The summed E-state index contributed by atoms with van der Waals surface area (Å²) in [5.74, 6) is 5.26. The lowest BCUT2D eigenvalue weighted by Crippen LogP contribution is -2.29. The van der Waals surface area contributed by atoms with Crippen LogP contribution < -0.4 is 11.3 Å². The van der Waals surface area contributed by atoms with Gasteiger partial charge in [0, 0.05) is 6.20 Å². The van der Waals surface area contributed by atoms with Gasteiger partial charge in [0.1, 0.15) is 5.82 Å². The molecule has 1 aromatic carbocycles. The van der Waals surface area contributed by atoms with E-state index in [0.29, 0.717) is 5.56 Å². The Balaban J connectivity index is 2.39. The standard InChI is InChI=1S/C12H13FN4/c1-8-2-3-9(6-11(8)13)12(17-14)10-4-5-15-16-7-10/h2-7,12,17H,14H2,1H3. The number of hydrogen-bond donors (Lipinski definition) is 2. The van der Waals surface area contributed by atoms with E-state index < -0.39 is 0 Å². The lowest BCUT2D eigenvalue weighted by atomic mass is 10.00. The minimum atomic E-state index is -0.291. The maximum atomic E-state index is 13.5. The number of hydrazine groups is 1. The number of aromatic nitrogens is 2. The predicted molar refractivity (Wildman–Crippen MR) is 62.3 cm³/mol. The second-order valence-electron chi connectivity index (χ2n) is 3.78. The third kappa shape index (κ3) is 2.46. The first-order chi connectivity index (χ1) is 8.22. The van der Waals surface area contributed by atoms with Gasteiger partial charge in [-0.15, -0.1) is 0 Å². The summed E-state index contributed by atoms with van der Waals surface area (Å²) in [4.78, 5) is 0. The van der Waals surface area contributed by atoms with E-state index in [4.69, 9.17) is 5.84 Å². The summed E-state index contributed by atoms with van der Waals surface area (Å²) in [5.41, 5.74) is 4.85. The van der Waals surface area contributed by atoms with Gasteiger partial charge in [-0.2, -0.15) is 10.2 Å². The van der Waals surface area contributed by atoms with Crippen molar-refractivity contribution in [3.8, 4) is 0 Å². The van der Waals surface area contributed by atoms with E-state index in [9.17, 15) is 4.39 Å². The number of aryl methyl sites for hydroxylation is 1. The van der Waals surface area contributed by atoms with E-state index in [2.05, 4.69) is 15.6 Å². The minimum absolute atomic E-state index is 0.246. The highest BCUT2D eigenvalue weighted by Gasteiger charge is 2.13. The van der Waals surface area contributed by atoms with Crippen LogP contribution in [0, 0.1) is 12.7 Å². The van der Waals surface area contributed by atoms with Crippen LogP contribution >= 0.6 is 0 Å². The largest absolute Gasteiger partial charge is 0.271 e. The molecule has 1 aromatic heterocycles. The van der Waals surface area contributed by atoms with Gasteiger partial charge in [-0.1, -0.05) is 12.1 Å². The Kier molecular flexibility index (Phi) is 3.41. The predicted octanol–water partition coefficient (Wildman–Crippen LogP) is 1.48. The zero-order valence-corrected chi connectivity index (χ0v) is 9.39. The molecule has 0 aliphatic heterocycles. The van der Waals surface area contributed by atoms with Gasteiger partial charge < -0.3 is 0 Å². The number of halogens is 1. The van der Waals surface area contributed by atoms with Gasteiger partial charge in [0.15, 0.2) is 0 Å². The molecule has 1 unspecified atom stereocenters. The van der Waals surface area contributed by atoms with Crippen LogP contribution in [0.1, 0.15) is 22.7 Å². The average Bonchev–Trinajstić information content (AvgIpc) is 2.36. The zero-order chi connectivity index (χ0) is 12.3. The van der Waals surface area contributed by atoms with Crippen LogP contribution in [0.25, 0.3) is 0 Å². The third-order valence-corrected chi connectivity index (χ3v) is 2.64. The molecule has 0 spiro atoms. The molecule has 1 atom stereocenters. The van der Waals surface area contributed by atoms with Crippen LogP contribution in [0.3, 0.4) is 0 Å². The van der Waals surface area contributed by atoms with Crippen molar-refractivity contribution in [2.45, 2.75) is 13.0 Å². The summed E-state index contributed by atoms with van der Waals surface area (Å²) < 4.78 is 13.5. The monoisotopic (exact) mass is 232 g/mol. The quantitative estimate of drug-likeness (QED) is 0.621. The summed E-state index contributed by atoms with van der Waals surface area (Å²) in [6.45, 7) is 1.72. The second-order valence-corrected chi connectivity index (χ2v) is 3.78. The van der Waals surface area contributed by atoms with Crippen molar-refractivity contribution in [1.29, 1.82) is 0 Å². The number of benzene rings is 1. The van der Waals surface area contributed by atoms with E-state index in [0.717, 1.165) is 11.1 Å².